The third-order valence-electron chi connectivity index (χ3n) is 7.80. The van der Waals surface area contributed by atoms with Crippen molar-refractivity contribution >= 4 is 51.6 Å². The van der Waals surface area contributed by atoms with Crippen molar-refractivity contribution in [3.05, 3.63) is 162 Å². The number of carbonyl (C=O) groups is 3. The normalized spacial score (nSPS) is 13.6. The number of fused-ring (bicyclic) bond motifs is 2. The zero-order valence-electron chi connectivity index (χ0n) is 23.0. The summed E-state index contributed by atoms with van der Waals surface area (Å²) in [6.45, 7) is 0. The minimum atomic E-state index is -2.96. The van der Waals surface area contributed by atoms with Gasteiger partial charge in [0.05, 0.1) is 18.2 Å². The average Bonchev–Trinajstić information content (AvgIpc) is 3.60. The van der Waals surface area contributed by atoms with Crippen LogP contribution in [0.4, 0.5) is 0 Å². The summed E-state index contributed by atoms with van der Waals surface area (Å²) in [6, 6.07) is 44.2. The van der Waals surface area contributed by atoms with Gasteiger partial charge in [0.1, 0.15) is 0 Å². The molecule has 2 heterocycles. The molecule has 1 aliphatic rings. The van der Waals surface area contributed by atoms with Gasteiger partial charge in [-0.3, -0.25) is 19.3 Å². The number of para-hydroxylation sites is 1. The van der Waals surface area contributed by atoms with Gasteiger partial charge in [0, 0.05) is 27.1 Å². The Bertz CT molecular complexity index is 1880. The molecular formula is C36H26N3O3P. The molecule has 1 unspecified atom stereocenters. The number of hydrogen-bond donors (Lipinski definition) is 1. The van der Waals surface area contributed by atoms with Crippen LogP contribution in [0.1, 0.15) is 32.5 Å². The van der Waals surface area contributed by atoms with Crippen LogP contribution in [0.25, 0.3) is 10.9 Å². The lowest BCUT2D eigenvalue weighted by molar-refractivity contribution is -0.121. The summed E-state index contributed by atoms with van der Waals surface area (Å²) in [4.78, 5) is 46.9. The number of H-pyrrole nitrogens is 1. The van der Waals surface area contributed by atoms with Crippen LogP contribution < -0.4 is 15.9 Å². The van der Waals surface area contributed by atoms with E-state index in [0.29, 0.717) is 5.69 Å². The summed E-state index contributed by atoms with van der Waals surface area (Å²) in [5.41, 5.74) is 1.77. The molecule has 1 aliphatic heterocycles. The Balaban J connectivity index is 1.51. The van der Waals surface area contributed by atoms with Gasteiger partial charge in [-0.15, -0.1) is 0 Å². The first-order valence-corrected chi connectivity index (χ1v) is 15.7. The van der Waals surface area contributed by atoms with Crippen LogP contribution in [-0.2, 0) is 4.79 Å². The minimum Gasteiger partial charge on any atom is -0.356 e. The maximum absolute atomic E-state index is 14.9. The predicted molar refractivity (Wildman–Crippen MR) is 171 cm³/mol. The Hall–Kier alpha value is -5.32. The van der Waals surface area contributed by atoms with Gasteiger partial charge in [0.25, 0.3) is 17.7 Å². The molecule has 3 amide bonds. The number of imide groups is 1. The second-order valence-electron chi connectivity index (χ2n) is 10.3. The molecule has 1 aromatic heterocycles. The minimum absolute atomic E-state index is 0.275. The summed E-state index contributed by atoms with van der Waals surface area (Å²) in [5.74, 6) is -1.61. The molecule has 208 valence electrons. The standard InChI is InChI=1S/C36H26N3O3P/c40-34(38-43(26-15-4-1-5-16-26,27-17-6-2-7-18-27)28-19-8-3-9-20-28)33(32-24-25-14-10-13-23-31(25)37-32)39-35(41)29-21-11-12-22-30(29)36(39)42/h1-24,33,37H. The second-order valence-corrected chi connectivity index (χ2v) is 13.3. The van der Waals surface area contributed by atoms with Crippen molar-refractivity contribution in [2.45, 2.75) is 6.04 Å². The fourth-order valence-electron chi connectivity index (χ4n) is 5.82. The summed E-state index contributed by atoms with van der Waals surface area (Å²) in [6.07, 6.45) is 0. The molecule has 7 heteroatoms. The number of aromatic amines is 1. The van der Waals surface area contributed by atoms with Crippen LogP contribution in [0.2, 0.25) is 0 Å². The van der Waals surface area contributed by atoms with Gasteiger partial charge in [0.15, 0.2) is 6.04 Å². The molecule has 1 N–H and O–H groups in total. The van der Waals surface area contributed by atoms with E-state index in [1.54, 1.807) is 24.3 Å². The highest BCUT2D eigenvalue weighted by Gasteiger charge is 2.45. The van der Waals surface area contributed by atoms with E-state index < -0.39 is 30.8 Å². The average molecular weight is 580 g/mol. The van der Waals surface area contributed by atoms with Crippen molar-refractivity contribution in [1.29, 1.82) is 0 Å². The molecule has 0 radical (unpaired) electrons. The fourth-order valence-corrected chi connectivity index (χ4v) is 9.28. The fraction of sp³-hybridized carbons (Fsp3) is 0.0278. The van der Waals surface area contributed by atoms with Gasteiger partial charge >= 0.3 is 0 Å². The first-order chi connectivity index (χ1) is 21.1. The maximum Gasteiger partial charge on any atom is 0.274 e. The monoisotopic (exact) mass is 579 g/mol. The Morgan fingerprint density at radius 2 is 1.05 bits per heavy atom. The topological polar surface area (TPSA) is 82.6 Å². The Kier molecular flexibility index (Phi) is 6.69. The second kappa shape index (κ2) is 10.8. The molecule has 0 spiro atoms. The van der Waals surface area contributed by atoms with E-state index >= 15 is 0 Å². The van der Waals surface area contributed by atoms with Gasteiger partial charge in [0.2, 0.25) is 0 Å². The molecule has 0 saturated heterocycles. The quantitative estimate of drug-likeness (QED) is 0.188. The molecule has 6 nitrogen and oxygen atoms in total. The van der Waals surface area contributed by atoms with Gasteiger partial charge in [-0.1, -0.05) is 121 Å². The van der Waals surface area contributed by atoms with E-state index in [0.717, 1.165) is 31.7 Å². The SMILES string of the molecule is O=C(N=P(c1ccccc1)(c1ccccc1)c1ccccc1)C(c1cc2ccccc2[nH]1)N1C(=O)c2ccccc2C1=O. The summed E-state index contributed by atoms with van der Waals surface area (Å²) < 4.78 is 5.15. The smallest absolute Gasteiger partial charge is 0.274 e. The van der Waals surface area contributed by atoms with Gasteiger partial charge in [-0.25, -0.2) is 4.74 Å². The van der Waals surface area contributed by atoms with Crippen molar-refractivity contribution in [2.75, 3.05) is 0 Å². The van der Waals surface area contributed by atoms with E-state index in [1.807, 2.05) is 121 Å². The third-order valence-corrected chi connectivity index (χ3v) is 11.4. The molecule has 0 aliphatic carbocycles. The molecule has 7 rings (SSSR count). The van der Waals surface area contributed by atoms with E-state index in [1.165, 1.54) is 0 Å². The summed E-state index contributed by atoms with van der Waals surface area (Å²) >= 11 is 0. The van der Waals surface area contributed by atoms with Crippen LogP contribution in [0.15, 0.2) is 150 Å². The first-order valence-electron chi connectivity index (χ1n) is 14.0. The number of rotatable bonds is 6. The number of carbonyl (C=O) groups excluding carboxylic acids is 3. The molecular weight excluding hydrogens is 553 g/mol. The van der Waals surface area contributed by atoms with Gasteiger partial charge in [-0.2, -0.15) is 0 Å². The number of hydrogen-bond acceptors (Lipinski definition) is 3. The highest BCUT2D eigenvalue weighted by atomic mass is 31.2. The highest BCUT2D eigenvalue weighted by molar-refractivity contribution is 7.87. The molecule has 0 bridgehead atoms. The van der Waals surface area contributed by atoms with E-state index in [-0.39, 0.29) is 11.1 Å². The number of aromatic nitrogens is 1. The predicted octanol–water partition coefficient (Wildman–Crippen LogP) is 6.21. The molecule has 5 aromatic carbocycles. The van der Waals surface area contributed by atoms with Crippen LogP contribution in [-0.4, -0.2) is 27.6 Å². The Morgan fingerprint density at radius 3 is 1.53 bits per heavy atom. The molecule has 0 fully saturated rings. The van der Waals surface area contributed by atoms with Crippen molar-refractivity contribution in [3.63, 3.8) is 0 Å². The molecule has 1 atom stereocenters. The molecule has 6 aromatic rings. The number of amides is 3. The maximum atomic E-state index is 14.9. The zero-order valence-corrected chi connectivity index (χ0v) is 23.9. The van der Waals surface area contributed by atoms with Crippen molar-refractivity contribution in [3.8, 4) is 0 Å². The van der Waals surface area contributed by atoms with E-state index in [2.05, 4.69) is 4.98 Å². The van der Waals surface area contributed by atoms with Crippen LogP contribution in [0.5, 0.6) is 0 Å². The van der Waals surface area contributed by atoms with Crippen LogP contribution in [0.3, 0.4) is 0 Å². The van der Waals surface area contributed by atoms with Gasteiger partial charge < -0.3 is 4.98 Å². The Labute approximate surface area is 248 Å². The lowest BCUT2D eigenvalue weighted by Crippen LogP contribution is -2.39. The highest BCUT2D eigenvalue weighted by Crippen LogP contribution is 2.48. The first kappa shape index (κ1) is 26.6. The number of nitrogens with zero attached hydrogens (tertiary/aromatic N) is 2. The lowest BCUT2D eigenvalue weighted by Gasteiger charge is -2.29. The Morgan fingerprint density at radius 1 is 0.605 bits per heavy atom. The van der Waals surface area contributed by atoms with E-state index in [4.69, 9.17) is 4.74 Å². The molecule has 0 saturated carbocycles. The summed E-state index contributed by atoms with van der Waals surface area (Å²) in [5, 5.41) is 3.53. The van der Waals surface area contributed by atoms with Crippen molar-refractivity contribution < 1.29 is 14.4 Å². The molecule has 43 heavy (non-hydrogen) atoms. The third kappa shape index (κ3) is 4.44. The lowest BCUT2D eigenvalue weighted by atomic mass is 10.1. The van der Waals surface area contributed by atoms with Gasteiger partial charge in [-0.05, 0) is 29.7 Å². The summed E-state index contributed by atoms with van der Waals surface area (Å²) in [7, 11) is -2.96. The largest absolute Gasteiger partial charge is 0.356 e. The number of nitrogens with one attached hydrogen (secondary N) is 1. The van der Waals surface area contributed by atoms with Crippen molar-refractivity contribution in [1.82, 2.24) is 9.88 Å². The van der Waals surface area contributed by atoms with Crippen LogP contribution >= 0.6 is 7.05 Å². The van der Waals surface area contributed by atoms with E-state index in [9.17, 15) is 14.4 Å². The van der Waals surface area contributed by atoms with Crippen LogP contribution in [0, 0.1) is 0 Å². The van der Waals surface area contributed by atoms with Crippen molar-refractivity contribution in [2.24, 2.45) is 4.74 Å². The number of benzene rings is 5. The zero-order chi connectivity index (χ0) is 29.4.